The molecule has 31 heavy (non-hydrogen) atoms. The van der Waals surface area contributed by atoms with Crippen LogP contribution in [0, 0.1) is 12.7 Å². The molecular formula is C24H23FN4O2. The first-order valence-corrected chi connectivity index (χ1v) is 10.6. The summed E-state index contributed by atoms with van der Waals surface area (Å²) in [7, 11) is 0. The molecule has 0 radical (unpaired) electrons. The van der Waals surface area contributed by atoms with Crippen molar-refractivity contribution >= 4 is 17.5 Å². The average molecular weight is 418 g/mol. The van der Waals surface area contributed by atoms with Gasteiger partial charge in [0.15, 0.2) is 5.69 Å². The Bertz CT molecular complexity index is 1180. The summed E-state index contributed by atoms with van der Waals surface area (Å²) in [6.07, 6.45) is 4.58. The second kappa shape index (κ2) is 7.65. The van der Waals surface area contributed by atoms with E-state index in [1.54, 1.807) is 28.9 Å². The van der Waals surface area contributed by atoms with Crippen LogP contribution < -0.4 is 10.6 Å². The summed E-state index contributed by atoms with van der Waals surface area (Å²) in [4.78, 5) is 25.5. The Hall–Kier alpha value is -3.48. The number of hydrogen-bond donors (Lipinski definition) is 2. The molecule has 6 nitrogen and oxygen atoms in total. The van der Waals surface area contributed by atoms with Crippen LogP contribution in [0.2, 0.25) is 0 Å². The van der Waals surface area contributed by atoms with E-state index < -0.39 is 0 Å². The Morgan fingerprint density at radius 3 is 2.58 bits per heavy atom. The second-order valence-corrected chi connectivity index (χ2v) is 8.25. The van der Waals surface area contributed by atoms with Gasteiger partial charge in [0.25, 0.3) is 11.8 Å². The van der Waals surface area contributed by atoms with E-state index in [1.807, 2.05) is 13.0 Å². The number of fused-ring (bicyclic) bond motifs is 1. The number of carbonyl (C=O) groups excluding carboxylic acids is 2. The van der Waals surface area contributed by atoms with Gasteiger partial charge in [-0.2, -0.15) is 5.10 Å². The zero-order chi connectivity index (χ0) is 21.5. The van der Waals surface area contributed by atoms with Crippen LogP contribution in [0.4, 0.5) is 10.1 Å². The third-order valence-electron chi connectivity index (χ3n) is 5.88. The molecule has 0 spiro atoms. The van der Waals surface area contributed by atoms with Crippen LogP contribution in [0.25, 0.3) is 5.69 Å². The standard InChI is InChI=1S/C24H23FN4O2/c1-14-5-6-15(23(30)26-17-9-10-17)13-20(14)27-24(31)22-19-3-2-4-21(19)29(28-22)18-11-7-16(25)8-12-18/h5-8,11-13,17H,2-4,9-10H2,1H3,(H,26,30)(H,27,31). The smallest absolute Gasteiger partial charge is 0.276 e. The molecule has 2 aromatic carbocycles. The fraction of sp³-hybridized carbons (Fsp3) is 0.292. The number of anilines is 1. The van der Waals surface area contributed by atoms with Crippen LogP contribution in [0.5, 0.6) is 0 Å². The van der Waals surface area contributed by atoms with Gasteiger partial charge in [-0.1, -0.05) is 6.07 Å². The Balaban J connectivity index is 1.43. The maximum Gasteiger partial charge on any atom is 0.276 e. The van der Waals surface area contributed by atoms with Crippen LogP contribution in [-0.2, 0) is 12.8 Å². The van der Waals surface area contributed by atoms with Gasteiger partial charge in [-0.25, -0.2) is 9.07 Å². The Morgan fingerprint density at radius 2 is 1.84 bits per heavy atom. The van der Waals surface area contributed by atoms with Gasteiger partial charge in [0, 0.05) is 28.6 Å². The average Bonchev–Trinajstić information content (AvgIpc) is 3.30. The molecule has 0 aliphatic heterocycles. The highest BCUT2D eigenvalue weighted by atomic mass is 19.1. The summed E-state index contributed by atoms with van der Waals surface area (Å²) >= 11 is 0. The number of aryl methyl sites for hydroxylation is 1. The summed E-state index contributed by atoms with van der Waals surface area (Å²) in [6, 6.07) is 11.7. The maximum atomic E-state index is 13.3. The molecule has 158 valence electrons. The van der Waals surface area contributed by atoms with E-state index in [1.165, 1.54) is 12.1 Å². The highest BCUT2D eigenvalue weighted by molar-refractivity contribution is 6.05. The minimum absolute atomic E-state index is 0.125. The third-order valence-corrected chi connectivity index (χ3v) is 5.88. The minimum atomic E-state index is -0.313. The Labute approximate surface area is 179 Å². The molecule has 1 heterocycles. The molecular weight excluding hydrogens is 395 g/mol. The number of benzene rings is 2. The zero-order valence-corrected chi connectivity index (χ0v) is 17.2. The van der Waals surface area contributed by atoms with Crippen molar-refractivity contribution in [2.75, 3.05) is 5.32 Å². The number of aromatic nitrogens is 2. The molecule has 7 heteroatoms. The fourth-order valence-corrected chi connectivity index (χ4v) is 3.99. The largest absolute Gasteiger partial charge is 0.349 e. The number of hydrogen-bond acceptors (Lipinski definition) is 3. The van der Waals surface area contributed by atoms with Gasteiger partial charge < -0.3 is 10.6 Å². The van der Waals surface area contributed by atoms with Gasteiger partial charge in [0.2, 0.25) is 0 Å². The summed E-state index contributed by atoms with van der Waals surface area (Å²) in [5.74, 6) is -0.743. The Kier molecular flexibility index (Phi) is 4.81. The van der Waals surface area contributed by atoms with Crippen molar-refractivity contribution in [3.05, 3.63) is 76.4 Å². The molecule has 0 bridgehead atoms. The number of nitrogens with zero attached hydrogens (tertiary/aromatic N) is 2. The maximum absolute atomic E-state index is 13.3. The number of nitrogens with one attached hydrogen (secondary N) is 2. The fourth-order valence-electron chi connectivity index (χ4n) is 3.99. The van der Waals surface area contributed by atoms with Crippen LogP contribution in [0.1, 0.15) is 56.9 Å². The van der Waals surface area contributed by atoms with Crippen LogP contribution in [0.15, 0.2) is 42.5 Å². The lowest BCUT2D eigenvalue weighted by Gasteiger charge is -2.11. The third kappa shape index (κ3) is 3.83. The number of amides is 2. The quantitative estimate of drug-likeness (QED) is 0.659. The lowest BCUT2D eigenvalue weighted by Crippen LogP contribution is -2.25. The summed E-state index contributed by atoms with van der Waals surface area (Å²) in [6.45, 7) is 1.89. The van der Waals surface area contributed by atoms with Gasteiger partial charge in [-0.15, -0.1) is 0 Å². The lowest BCUT2D eigenvalue weighted by atomic mass is 10.1. The molecule has 1 aromatic heterocycles. The Morgan fingerprint density at radius 1 is 1.06 bits per heavy atom. The topological polar surface area (TPSA) is 76.0 Å². The normalized spacial score (nSPS) is 14.9. The van der Waals surface area contributed by atoms with E-state index in [9.17, 15) is 14.0 Å². The van der Waals surface area contributed by atoms with Crippen molar-refractivity contribution in [3.63, 3.8) is 0 Å². The van der Waals surface area contributed by atoms with E-state index in [-0.39, 0.29) is 23.7 Å². The van der Waals surface area contributed by atoms with Gasteiger partial charge in [0.1, 0.15) is 5.82 Å². The van der Waals surface area contributed by atoms with Crippen LogP contribution >= 0.6 is 0 Å². The van der Waals surface area contributed by atoms with Crippen LogP contribution in [-0.4, -0.2) is 27.6 Å². The number of halogens is 1. The minimum Gasteiger partial charge on any atom is -0.349 e. The SMILES string of the molecule is Cc1ccc(C(=O)NC2CC2)cc1NC(=O)c1nn(-c2ccc(F)cc2)c2c1CCC2. The van der Waals surface area contributed by atoms with E-state index >= 15 is 0 Å². The van der Waals surface area contributed by atoms with Gasteiger partial charge in [0.05, 0.1) is 5.69 Å². The lowest BCUT2D eigenvalue weighted by molar-refractivity contribution is 0.0949. The first-order valence-electron chi connectivity index (χ1n) is 10.6. The van der Waals surface area contributed by atoms with Crippen molar-refractivity contribution in [2.24, 2.45) is 0 Å². The highest BCUT2D eigenvalue weighted by Gasteiger charge is 2.28. The molecule has 2 N–H and O–H groups in total. The van der Waals surface area contributed by atoms with E-state index in [2.05, 4.69) is 15.7 Å². The van der Waals surface area contributed by atoms with Crippen molar-refractivity contribution in [2.45, 2.75) is 45.1 Å². The van der Waals surface area contributed by atoms with Crippen molar-refractivity contribution < 1.29 is 14.0 Å². The van der Waals surface area contributed by atoms with E-state index in [0.29, 0.717) is 16.9 Å². The van der Waals surface area contributed by atoms with Gasteiger partial charge in [-0.05, 0) is 81.0 Å². The summed E-state index contributed by atoms with van der Waals surface area (Å²) < 4.78 is 15.1. The predicted molar refractivity (Wildman–Crippen MR) is 115 cm³/mol. The first-order chi connectivity index (χ1) is 15.0. The highest BCUT2D eigenvalue weighted by Crippen LogP contribution is 2.29. The van der Waals surface area contributed by atoms with Gasteiger partial charge >= 0.3 is 0 Å². The van der Waals surface area contributed by atoms with E-state index in [0.717, 1.165) is 54.6 Å². The summed E-state index contributed by atoms with van der Waals surface area (Å²) in [5.41, 5.74) is 5.02. The molecule has 0 unspecified atom stereocenters. The number of rotatable bonds is 5. The molecule has 0 saturated heterocycles. The second-order valence-electron chi connectivity index (χ2n) is 8.25. The number of carbonyl (C=O) groups is 2. The monoisotopic (exact) mass is 418 g/mol. The molecule has 5 rings (SSSR count). The van der Waals surface area contributed by atoms with Crippen molar-refractivity contribution in [3.8, 4) is 5.69 Å². The molecule has 2 aliphatic carbocycles. The van der Waals surface area contributed by atoms with Crippen LogP contribution in [0.3, 0.4) is 0 Å². The zero-order valence-electron chi connectivity index (χ0n) is 17.2. The molecule has 0 atom stereocenters. The predicted octanol–water partition coefficient (Wildman–Crippen LogP) is 3.95. The molecule has 1 fully saturated rings. The van der Waals surface area contributed by atoms with Crippen molar-refractivity contribution in [1.82, 2.24) is 15.1 Å². The van der Waals surface area contributed by atoms with Gasteiger partial charge in [-0.3, -0.25) is 9.59 Å². The molecule has 3 aromatic rings. The molecule has 1 saturated carbocycles. The first kappa shape index (κ1) is 19.5. The summed E-state index contributed by atoms with van der Waals surface area (Å²) in [5, 5.41) is 10.5. The molecule has 2 aliphatic rings. The van der Waals surface area contributed by atoms with E-state index in [4.69, 9.17) is 0 Å². The molecule has 2 amide bonds. The van der Waals surface area contributed by atoms with Crippen molar-refractivity contribution in [1.29, 1.82) is 0 Å².